The van der Waals surface area contributed by atoms with Crippen LogP contribution in [0.2, 0.25) is 0 Å². The first kappa shape index (κ1) is 22.8. The first-order valence-electron chi connectivity index (χ1n) is 11.4. The van der Waals surface area contributed by atoms with Crippen LogP contribution in [0.15, 0.2) is 91.1 Å². The van der Waals surface area contributed by atoms with E-state index in [1.807, 2.05) is 36.4 Å². The van der Waals surface area contributed by atoms with Gasteiger partial charge >= 0.3 is 12.1 Å². The first-order chi connectivity index (χ1) is 17.6. The second kappa shape index (κ2) is 9.72. The zero-order valence-electron chi connectivity index (χ0n) is 19.2. The van der Waals surface area contributed by atoms with E-state index in [1.165, 1.54) is 23.2 Å². The van der Waals surface area contributed by atoms with E-state index >= 15 is 0 Å². The summed E-state index contributed by atoms with van der Waals surface area (Å²) in [5.41, 5.74) is 5.28. The second-order valence-electron chi connectivity index (χ2n) is 8.38. The topological polar surface area (TPSA) is 104 Å². The van der Waals surface area contributed by atoms with Gasteiger partial charge in [0.15, 0.2) is 5.82 Å². The van der Waals surface area contributed by atoms with Crippen molar-refractivity contribution in [2.45, 2.75) is 12.5 Å². The lowest BCUT2D eigenvalue weighted by atomic mass is 9.98. The minimum absolute atomic E-state index is 0.0104. The normalized spacial score (nSPS) is 11.8. The van der Waals surface area contributed by atoms with Gasteiger partial charge < -0.3 is 9.84 Å². The Morgan fingerprint density at radius 1 is 0.944 bits per heavy atom. The highest BCUT2D eigenvalue weighted by atomic mass is 16.6. The van der Waals surface area contributed by atoms with E-state index in [2.05, 4.69) is 23.2 Å². The van der Waals surface area contributed by atoms with E-state index < -0.39 is 12.1 Å². The lowest BCUT2D eigenvalue weighted by Gasteiger charge is -2.23. The Hall–Kier alpha value is -4.96. The standard InChI is InChI=1S/C29H21N3O4/c30-16-21-9-6-14-31-27(21)32(17-19-7-5-8-20(15-19)28(33)34)29(35)36-18-26-24-12-3-1-10-22(24)23-11-2-4-13-25(23)26/h1-15,26H,17-18H2,(H,33,34). The molecular formula is C29H21N3O4. The number of rotatable bonds is 6. The number of aromatic carboxylic acids is 1. The number of anilines is 1. The van der Waals surface area contributed by atoms with E-state index in [4.69, 9.17) is 4.74 Å². The molecule has 4 aromatic rings. The van der Waals surface area contributed by atoms with Crippen molar-refractivity contribution in [3.63, 3.8) is 0 Å². The first-order valence-corrected chi connectivity index (χ1v) is 11.4. The van der Waals surface area contributed by atoms with Crippen molar-refractivity contribution in [3.05, 3.63) is 119 Å². The molecule has 1 aromatic heterocycles. The minimum Gasteiger partial charge on any atom is -0.478 e. The smallest absolute Gasteiger partial charge is 0.415 e. The number of nitrogens with zero attached hydrogens (tertiary/aromatic N) is 3. The van der Waals surface area contributed by atoms with Gasteiger partial charge in [-0.2, -0.15) is 5.26 Å². The van der Waals surface area contributed by atoms with E-state index in [0.29, 0.717) is 5.56 Å². The highest BCUT2D eigenvalue weighted by Gasteiger charge is 2.30. The zero-order valence-corrected chi connectivity index (χ0v) is 19.2. The fourth-order valence-corrected chi connectivity index (χ4v) is 4.58. The molecule has 0 radical (unpaired) electrons. The Bertz CT molecular complexity index is 1460. The van der Waals surface area contributed by atoms with Gasteiger partial charge in [0.2, 0.25) is 0 Å². The highest BCUT2D eigenvalue weighted by molar-refractivity contribution is 5.89. The number of aromatic nitrogens is 1. The molecule has 5 rings (SSSR count). The monoisotopic (exact) mass is 475 g/mol. The van der Waals surface area contributed by atoms with Gasteiger partial charge in [-0.25, -0.2) is 14.6 Å². The predicted molar refractivity (Wildman–Crippen MR) is 134 cm³/mol. The number of pyridine rings is 1. The summed E-state index contributed by atoms with van der Waals surface area (Å²) in [7, 11) is 0. The summed E-state index contributed by atoms with van der Waals surface area (Å²) in [5, 5.41) is 19.0. The van der Waals surface area contributed by atoms with Gasteiger partial charge in [-0.05, 0) is 52.1 Å². The van der Waals surface area contributed by atoms with Crippen LogP contribution in [-0.4, -0.2) is 28.8 Å². The van der Waals surface area contributed by atoms with Crippen molar-refractivity contribution in [3.8, 4) is 17.2 Å². The molecule has 7 nitrogen and oxygen atoms in total. The molecule has 0 fully saturated rings. The van der Waals surface area contributed by atoms with Crippen molar-refractivity contribution >= 4 is 17.9 Å². The zero-order chi connectivity index (χ0) is 25.1. The van der Waals surface area contributed by atoms with Crippen LogP contribution in [0.25, 0.3) is 11.1 Å². The number of carboxylic acids is 1. The molecule has 176 valence electrons. The Kier molecular flexibility index (Phi) is 6.16. The molecule has 36 heavy (non-hydrogen) atoms. The van der Waals surface area contributed by atoms with Gasteiger partial charge in [0.25, 0.3) is 0 Å². The largest absolute Gasteiger partial charge is 0.478 e. The molecule has 3 aromatic carbocycles. The number of ether oxygens (including phenoxy) is 1. The van der Waals surface area contributed by atoms with E-state index in [-0.39, 0.29) is 36.0 Å². The lowest BCUT2D eigenvalue weighted by Crippen LogP contribution is -2.33. The highest BCUT2D eigenvalue weighted by Crippen LogP contribution is 2.44. The Labute approximate surface area is 207 Å². The number of hydrogen-bond donors (Lipinski definition) is 1. The van der Waals surface area contributed by atoms with Crippen LogP contribution in [0.5, 0.6) is 0 Å². The van der Waals surface area contributed by atoms with Crippen LogP contribution < -0.4 is 4.90 Å². The Morgan fingerprint density at radius 3 is 2.31 bits per heavy atom. The van der Waals surface area contributed by atoms with Gasteiger partial charge in [-0.15, -0.1) is 0 Å². The maximum Gasteiger partial charge on any atom is 0.415 e. The van der Waals surface area contributed by atoms with Crippen LogP contribution in [-0.2, 0) is 11.3 Å². The summed E-state index contributed by atoms with van der Waals surface area (Å²) in [6, 6.07) is 27.6. The van der Waals surface area contributed by atoms with Crippen molar-refractivity contribution < 1.29 is 19.4 Å². The molecule has 0 unspecified atom stereocenters. The summed E-state index contributed by atoms with van der Waals surface area (Å²) in [4.78, 5) is 30.4. The number of carbonyl (C=O) groups is 2. The quantitative estimate of drug-likeness (QED) is 0.389. The minimum atomic E-state index is -1.07. The summed E-state index contributed by atoms with van der Waals surface area (Å²) >= 11 is 0. The molecule has 0 atom stereocenters. The van der Waals surface area contributed by atoms with Gasteiger partial charge in [0, 0.05) is 12.1 Å². The van der Waals surface area contributed by atoms with Gasteiger partial charge in [0.1, 0.15) is 12.7 Å². The summed E-state index contributed by atoms with van der Waals surface area (Å²) in [6.07, 6.45) is 0.820. The molecule has 0 aliphatic heterocycles. The molecule has 0 saturated carbocycles. The predicted octanol–water partition coefficient (Wildman–Crippen LogP) is 5.61. The molecule has 0 saturated heterocycles. The van der Waals surface area contributed by atoms with E-state index in [0.717, 1.165) is 22.3 Å². The van der Waals surface area contributed by atoms with E-state index in [1.54, 1.807) is 24.3 Å². The van der Waals surface area contributed by atoms with Crippen molar-refractivity contribution in [1.82, 2.24) is 4.98 Å². The van der Waals surface area contributed by atoms with Crippen LogP contribution in [0.4, 0.5) is 10.6 Å². The molecule has 1 aliphatic rings. The maximum atomic E-state index is 13.5. The van der Waals surface area contributed by atoms with Gasteiger partial charge in [0.05, 0.1) is 17.7 Å². The molecular weight excluding hydrogens is 454 g/mol. The molecule has 7 heteroatoms. The molecule has 1 N–H and O–H groups in total. The van der Waals surface area contributed by atoms with Crippen LogP contribution in [0.1, 0.15) is 38.5 Å². The van der Waals surface area contributed by atoms with Crippen molar-refractivity contribution in [1.29, 1.82) is 5.26 Å². The number of hydrogen-bond acceptors (Lipinski definition) is 5. The third-order valence-corrected chi connectivity index (χ3v) is 6.23. The fraction of sp³-hybridized carbons (Fsp3) is 0.103. The molecule has 0 bridgehead atoms. The average molecular weight is 476 g/mol. The third kappa shape index (κ3) is 4.28. The number of benzene rings is 3. The third-order valence-electron chi connectivity index (χ3n) is 6.23. The average Bonchev–Trinajstić information content (AvgIpc) is 3.24. The summed E-state index contributed by atoms with van der Waals surface area (Å²) in [6.45, 7) is 0.0940. The number of nitriles is 1. The number of amides is 1. The molecule has 1 amide bonds. The van der Waals surface area contributed by atoms with E-state index in [9.17, 15) is 20.0 Å². The number of fused-ring (bicyclic) bond motifs is 3. The summed E-state index contributed by atoms with van der Waals surface area (Å²) < 4.78 is 5.83. The van der Waals surface area contributed by atoms with Crippen molar-refractivity contribution in [2.75, 3.05) is 11.5 Å². The maximum absolute atomic E-state index is 13.5. The second-order valence-corrected chi connectivity index (χ2v) is 8.38. The van der Waals surface area contributed by atoms with Crippen molar-refractivity contribution in [2.24, 2.45) is 0 Å². The molecule has 1 heterocycles. The number of carboxylic acid groups (broad SMARTS) is 1. The van der Waals surface area contributed by atoms with Gasteiger partial charge in [-0.3, -0.25) is 4.90 Å². The summed E-state index contributed by atoms with van der Waals surface area (Å²) in [5.74, 6) is -1.05. The fourth-order valence-electron chi connectivity index (χ4n) is 4.58. The van der Waals surface area contributed by atoms with Crippen LogP contribution >= 0.6 is 0 Å². The van der Waals surface area contributed by atoms with Gasteiger partial charge in [-0.1, -0.05) is 60.7 Å². The Balaban J connectivity index is 1.45. The Morgan fingerprint density at radius 2 is 1.64 bits per heavy atom. The van der Waals surface area contributed by atoms with Crippen LogP contribution in [0.3, 0.4) is 0 Å². The molecule has 1 aliphatic carbocycles. The lowest BCUT2D eigenvalue weighted by molar-refractivity contribution is 0.0696. The molecule has 0 spiro atoms. The number of carbonyl (C=O) groups excluding carboxylic acids is 1. The SMILES string of the molecule is N#Cc1cccnc1N(Cc1cccc(C(=O)O)c1)C(=O)OCC1c2ccccc2-c2ccccc21. The van der Waals surface area contributed by atoms with Crippen LogP contribution in [0, 0.1) is 11.3 Å².